The quantitative estimate of drug-likeness (QED) is 0.793. The molecule has 0 aliphatic heterocycles. The number of hydrogen-bond acceptors (Lipinski definition) is 3. The number of nitrogens with two attached hydrogens (primary N) is 2. The van der Waals surface area contributed by atoms with E-state index < -0.39 is 0 Å². The van der Waals surface area contributed by atoms with Crippen molar-refractivity contribution in [2.45, 2.75) is 38.6 Å². The van der Waals surface area contributed by atoms with Crippen molar-refractivity contribution in [3.05, 3.63) is 20.3 Å². The zero-order chi connectivity index (χ0) is 12.1. The number of aryl methyl sites for hydroxylation is 1. The molecular formula is C11H17BrN2OS. The summed E-state index contributed by atoms with van der Waals surface area (Å²) in [6, 6.07) is 2.19. The Hall–Kier alpha value is -0.390. The summed E-state index contributed by atoms with van der Waals surface area (Å²) < 4.78 is 1.15. The summed E-state index contributed by atoms with van der Waals surface area (Å²) >= 11 is 5.17. The van der Waals surface area contributed by atoms with Gasteiger partial charge in [-0.3, -0.25) is 4.79 Å². The molecule has 0 saturated carbocycles. The lowest BCUT2D eigenvalue weighted by molar-refractivity contribution is -0.118. The molecule has 5 heteroatoms. The molecule has 16 heavy (non-hydrogen) atoms. The zero-order valence-corrected chi connectivity index (χ0v) is 11.7. The normalized spacial score (nSPS) is 12.7. The summed E-state index contributed by atoms with van der Waals surface area (Å²) in [5.41, 5.74) is 12.4. The SMILES string of the molecule is Cc1cc(C(N)CCCCC(N)=O)sc1Br. The average Bonchev–Trinajstić information content (AvgIpc) is 2.54. The molecule has 0 saturated heterocycles. The van der Waals surface area contributed by atoms with Crippen LogP contribution in [-0.2, 0) is 4.79 Å². The summed E-state index contributed by atoms with van der Waals surface area (Å²) in [5, 5.41) is 0. The van der Waals surface area contributed by atoms with Gasteiger partial charge in [0.25, 0.3) is 0 Å². The van der Waals surface area contributed by atoms with E-state index in [-0.39, 0.29) is 11.9 Å². The topological polar surface area (TPSA) is 69.1 Å². The van der Waals surface area contributed by atoms with Crippen LogP contribution in [0.4, 0.5) is 0 Å². The smallest absolute Gasteiger partial charge is 0.217 e. The van der Waals surface area contributed by atoms with E-state index in [9.17, 15) is 4.79 Å². The third-order valence-electron chi connectivity index (χ3n) is 2.43. The van der Waals surface area contributed by atoms with Crippen molar-refractivity contribution in [2.75, 3.05) is 0 Å². The van der Waals surface area contributed by atoms with Crippen molar-refractivity contribution in [1.29, 1.82) is 0 Å². The molecule has 1 aromatic heterocycles. The molecule has 1 atom stereocenters. The van der Waals surface area contributed by atoms with Gasteiger partial charge in [-0.15, -0.1) is 11.3 Å². The third-order valence-corrected chi connectivity index (χ3v) is 4.70. The summed E-state index contributed by atoms with van der Waals surface area (Å²) in [4.78, 5) is 11.7. The first-order valence-corrected chi connectivity index (χ1v) is 6.91. The highest BCUT2D eigenvalue weighted by molar-refractivity contribution is 9.11. The Balaban J connectivity index is 2.35. The lowest BCUT2D eigenvalue weighted by Crippen LogP contribution is -2.11. The van der Waals surface area contributed by atoms with Crippen LogP contribution in [0.5, 0.6) is 0 Å². The van der Waals surface area contributed by atoms with Crippen LogP contribution in [0.2, 0.25) is 0 Å². The maximum Gasteiger partial charge on any atom is 0.217 e. The first-order chi connectivity index (χ1) is 7.50. The highest BCUT2D eigenvalue weighted by atomic mass is 79.9. The zero-order valence-electron chi connectivity index (χ0n) is 9.33. The number of rotatable bonds is 6. The van der Waals surface area contributed by atoms with Gasteiger partial charge in [-0.1, -0.05) is 6.42 Å². The summed E-state index contributed by atoms with van der Waals surface area (Å²) in [6.07, 6.45) is 3.13. The molecule has 1 amide bonds. The number of thiophene rings is 1. The van der Waals surface area contributed by atoms with Crippen LogP contribution >= 0.6 is 27.3 Å². The van der Waals surface area contributed by atoms with E-state index in [0.29, 0.717) is 6.42 Å². The van der Waals surface area contributed by atoms with Gasteiger partial charge in [0.15, 0.2) is 0 Å². The molecule has 1 unspecified atom stereocenters. The molecule has 1 aromatic rings. The van der Waals surface area contributed by atoms with Crippen LogP contribution in [0.3, 0.4) is 0 Å². The first-order valence-electron chi connectivity index (χ1n) is 5.30. The maximum absolute atomic E-state index is 10.5. The molecule has 0 spiro atoms. The molecule has 0 fully saturated rings. The number of carbonyl (C=O) groups excluding carboxylic acids is 1. The fourth-order valence-electron chi connectivity index (χ4n) is 1.47. The minimum Gasteiger partial charge on any atom is -0.370 e. The van der Waals surface area contributed by atoms with E-state index in [1.54, 1.807) is 11.3 Å². The van der Waals surface area contributed by atoms with Gasteiger partial charge >= 0.3 is 0 Å². The largest absolute Gasteiger partial charge is 0.370 e. The maximum atomic E-state index is 10.5. The number of primary amides is 1. The van der Waals surface area contributed by atoms with Crippen LogP contribution < -0.4 is 11.5 Å². The molecule has 0 bridgehead atoms. The van der Waals surface area contributed by atoms with E-state index in [2.05, 4.69) is 28.9 Å². The van der Waals surface area contributed by atoms with E-state index in [4.69, 9.17) is 11.5 Å². The molecule has 0 radical (unpaired) electrons. The predicted octanol–water partition coefficient (Wildman–Crippen LogP) is 2.86. The monoisotopic (exact) mass is 304 g/mol. The van der Waals surface area contributed by atoms with E-state index in [1.165, 1.54) is 10.4 Å². The van der Waals surface area contributed by atoms with E-state index in [0.717, 1.165) is 23.0 Å². The Morgan fingerprint density at radius 3 is 2.75 bits per heavy atom. The van der Waals surface area contributed by atoms with Crippen LogP contribution in [0.15, 0.2) is 9.85 Å². The van der Waals surface area contributed by atoms with Gasteiger partial charge in [-0.05, 0) is 47.3 Å². The molecule has 1 heterocycles. The third kappa shape index (κ3) is 4.23. The van der Waals surface area contributed by atoms with Crippen molar-refractivity contribution in [3.63, 3.8) is 0 Å². The van der Waals surface area contributed by atoms with Crippen LogP contribution in [-0.4, -0.2) is 5.91 Å². The Morgan fingerprint density at radius 2 is 2.25 bits per heavy atom. The second kappa shape index (κ2) is 6.37. The van der Waals surface area contributed by atoms with Gasteiger partial charge in [-0.2, -0.15) is 0 Å². The van der Waals surface area contributed by atoms with Crippen LogP contribution in [0.25, 0.3) is 0 Å². The van der Waals surface area contributed by atoms with E-state index >= 15 is 0 Å². The average molecular weight is 305 g/mol. The Bertz CT molecular complexity index is 345. The second-order valence-electron chi connectivity index (χ2n) is 3.92. The minimum absolute atomic E-state index is 0.0721. The minimum atomic E-state index is -0.233. The highest BCUT2D eigenvalue weighted by Gasteiger charge is 2.10. The molecule has 0 aliphatic carbocycles. The second-order valence-corrected chi connectivity index (χ2v) is 6.33. The van der Waals surface area contributed by atoms with Crippen molar-refractivity contribution in [2.24, 2.45) is 11.5 Å². The van der Waals surface area contributed by atoms with Gasteiger partial charge in [0, 0.05) is 17.3 Å². The summed E-state index contributed by atoms with van der Waals surface area (Å²) in [6.45, 7) is 2.06. The van der Waals surface area contributed by atoms with Crippen molar-refractivity contribution < 1.29 is 4.79 Å². The Labute approximate surface area is 108 Å². The number of carbonyl (C=O) groups is 1. The molecule has 3 nitrogen and oxygen atoms in total. The Kier molecular flexibility index (Phi) is 5.44. The molecule has 90 valence electrons. The van der Waals surface area contributed by atoms with Gasteiger partial charge in [0.1, 0.15) is 0 Å². The fraction of sp³-hybridized carbons (Fsp3) is 0.545. The predicted molar refractivity (Wildman–Crippen MR) is 71.3 cm³/mol. The number of hydrogen-bond donors (Lipinski definition) is 2. The standard InChI is InChI=1S/C11H17BrN2OS/c1-7-6-9(16-11(7)12)8(13)4-2-3-5-10(14)15/h6,8H,2-5,13H2,1H3,(H2,14,15). The van der Waals surface area contributed by atoms with E-state index in [1.807, 2.05) is 0 Å². The van der Waals surface area contributed by atoms with Gasteiger partial charge in [0.2, 0.25) is 5.91 Å². The number of amides is 1. The van der Waals surface area contributed by atoms with Crippen LogP contribution in [0, 0.1) is 6.92 Å². The molecular weight excluding hydrogens is 288 g/mol. The van der Waals surface area contributed by atoms with Gasteiger partial charge < -0.3 is 11.5 Å². The molecule has 0 aliphatic rings. The molecule has 1 rings (SSSR count). The van der Waals surface area contributed by atoms with Crippen molar-refractivity contribution in [3.8, 4) is 0 Å². The molecule has 0 aromatic carbocycles. The fourth-order valence-corrected chi connectivity index (χ4v) is 3.08. The Morgan fingerprint density at radius 1 is 1.56 bits per heavy atom. The van der Waals surface area contributed by atoms with Crippen molar-refractivity contribution >= 4 is 33.2 Å². The summed E-state index contributed by atoms with van der Waals surface area (Å²) in [7, 11) is 0. The lowest BCUT2D eigenvalue weighted by atomic mass is 10.1. The summed E-state index contributed by atoms with van der Waals surface area (Å²) in [5.74, 6) is -0.233. The first kappa shape index (κ1) is 13.7. The highest BCUT2D eigenvalue weighted by Crippen LogP contribution is 2.32. The number of unbranched alkanes of at least 4 members (excludes halogenated alkanes) is 1. The van der Waals surface area contributed by atoms with Gasteiger partial charge in [0.05, 0.1) is 3.79 Å². The molecule has 4 N–H and O–H groups in total. The van der Waals surface area contributed by atoms with Gasteiger partial charge in [-0.25, -0.2) is 0 Å². The van der Waals surface area contributed by atoms with Crippen LogP contribution in [0.1, 0.15) is 42.2 Å². The lowest BCUT2D eigenvalue weighted by Gasteiger charge is -2.08. The number of halogens is 1. The van der Waals surface area contributed by atoms with Crippen molar-refractivity contribution in [1.82, 2.24) is 0 Å².